The Morgan fingerprint density at radius 2 is 2.05 bits per heavy atom. The van der Waals surface area contributed by atoms with Crippen molar-refractivity contribution in [3.63, 3.8) is 0 Å². The summed E-state index contributed by atoms with van der Waals surface area (Å²) in [6.07, 6.45) is 3.47. The number of nitrogens with one attached hydrogen (secondary N) is 1. The molecule has 1 heterocycles. The molecule has 1 saturated heterocycles. The van der Waals surface area contributed by atoms with Crippen LogP contribution in [0, 0.1) is 0 Å². The lowest BCUT2D eigenvalue weighted by Crippen LogP contribution is -2.55. The number of ether oxygens (including phenoxy) is 1. The molecule has 2 aliphatic rings. The van der Waals surface area contributed by atoms with Gasteiger partial charge >= 0.3 is 5.97 Å². The molecule has 1 amide bonds. The van der Waals surface area contributed by atoms with Crippen molar-refractivity contribution in [3.8, 4) is 0 Å². The molecule has 0 bridgehead atoms. The van der Waals surface area contributed by atoms with Gasteiger partial charge in [0, 0.05) is 18.6 Å². The summed E-state index contributed by atoms with van der Waals surface area (Å²) in [5.74, 6) is -1.38. The van der Waals surface area contributed by atoms with Crippen molar-refractivity contribution in [1.29, 1.82) is 0 Å². The summed E-state index contributed by atoms with van der Waals surface area (Å²) in [6.45, 7) is 0.385. The Balaban J connectivity index is 1.80. The second kappa shape index (κ2) is 4.90. The van der Waals surface area contributed by atoms with Crippen molar-refractivity contribution in [3.05, 3.63) is 34.9 Å². The fourth-order valence-electron chi connectivity index (χ4n) is 2.89. The van der Waals surface area contributed by atoms with Gasteiger partial charge in [0.05, 0.1) is 6.61 Å². The summed E-state index contributed by atoms with van der Waals surface area (Å²) in [6, 6.07) is 5.61. The van der Waals surface area contributed by atoms with E-state index in [0.29, 0.717) is 18.6 Å². The summed E-state index contributed by atoms with van der Waals surface area (Å²) in [7, 11) is 0. The third-order valence-corrected chi connectivity index (χ3v) is 4.14. The van der Waals surface area contributed by atoms with Gasteiger partial charge in [-0.3, -0.25) is 4.79 Å². The molecule has 0 saturated carbocycles. The SMILES string of the molecule is O=C(NC1(C(=O)O)CCOC1)c1ccc2c(c1)CCC2. The summed E-state index contributed by atoms with van der Waals surface area (Å²) in [5, 5.41) is 12.0. The minimum atomic E-state index is -1.28. The fraction of sp³-hybridized carbons (Fsp3) is 0.467. The van der Waals surface area contributed by atoms with Crippen molar-refractivity contribution in [1.82, 2.24) is 5.32 Å². The second-order valence-corrected chi connectivity index (χ2v) is 5.48. The van der Waals surface area contributed by atoms with Crippen molar-refractivity contribution >= 4 is 11.9 Å². The lowest BCUT2D eigenvalue weighted by atomic mass is 9.97. The average Bonchev–Trinajstić information content (AvgIpc) is 3.06. The van der Waals surface area contributed by atoms with E-state index in [1.54, 1.807) is 6.07 Å². The van der Waals surface area contributed by atoms with Gasteiger partial charge in [-0.05, 0) is 42.5 Å². The molecule has 1 aliphatic heterocycles. The number of hydrogen-bond acceptors (Lipinski definition) is 3. The second-order valence-electron chi connectivity index (χ2n) is 5.48. The average molecular weight is 275 g/mol. The normalized spacial score (nSPS) is 24.4. The number of carbonyl (C=O) groups is 2. The molecule has 106 valence electrons. The van der Waals surface area contributed by atoms with Crippen LogP contribution in [0.1, 0.15) is 34.3 Å². The summed E-state index contributed by atoms with van der Waals surface area (Å²) < 4.78 is 5.14. The van der Waals surface area contributed by atoms with Gasteiger partial charge in [0.1, 0.15) is 0 Å². The molecule has 0 spiro atoms. The summed E-state index contributed by atoms with van der Waals surface area (Å²) >= 11 is 0. The van der Waals surface area contributed by atoms with Crippen molar-refractivity contribution in [2.45, 2.75) is 31.2 Å². The van der Waals surface area contributed by atoms with Crippen LogP contribution >= 0.6 is 0 Å². The van der Waals surface area contributed by atoms with Crippen molar-refractivity contribution in [2.24, 2.45) is 0 Å². The molecular formula is C15H17NO4. The van der Waals surface area contributed by atoms with Gasteiger partial charge in [-0.15, -0.1) is 0 Å². The molecule has 0 aromatic heterocycles. The zero-order valence-corrected chi connectivity index (χ0v) is 11.1. The van der Waals surface area contributed by atoms with Crippen LogP contribution in [0.3, 0.4) is 0 Å². The fourth-order valence-corrected chi connectivity index (χ4v) is 2.89. The lowest BCUT2D eigenvalue weighted by Gasteiger charge is -2.23. The zero-order valence-electron chi connectivity index (χ0n) is 11.1. The molecule has 1 aromatic carbocycles. The number of aliphatic carboxylic acids is 1. The zero-order chi connectivity index (χ0) is 14.2. The molecule has 20 heavy (non-hydrogen) atoms. The predicted molar refractivity (Wildman–Crippen MR) is 71.7 cm³/mol. The van der Waals surface area contributed by atoms with Crippen LogP contribution in [-0.2, 0) is 22.4 Å². The minimum absolute atomic E-state index is 0.0268. The Bertz CT molecular complexity index is 561. The molecule has 5 nitrogen and oxygen atoms in total. The highest BCUT2D eigenvalue weighted by atomic mass is 16.5. The van der Waals surface area contributed by atoms with Gasteiger partial charge in [-0.25, -0.2) is 4.79 Å². The number of rotatable bonds is 3. The first-order chi connectivity index (χ1) is 9.61. The highest BCUT2D eigenvalue weighted by Crippen LogP contribution is 2.24. The highest BCUT2D eigenvalue weighted by molar-refractivity contribution is 5.98. The van der Waals surface area contributed by atoms with E-state index in [1.807, 2.05) is 12.1 Å². The Hall–Kier alpha value is -1.88. The number of benzene rings is 1. The van der Waals surface area contributed by atoms with Gasteiger partial charge in [-0.2, -0.15) is 0 Å². The van der Waals surface area contributed by atoms with E-state index in [9.17, 15) is 14.7 Å². The third kappa shape index (κ3) is 2.18. The first kappa shape index (κ1) is 13.1. The van der Waals surface area contributed by atoms with Crippen LogP contribution < -0.4 is 5.32 Å². The number of amides is 1. The van der Waals surface area contributed by atoms with E-state index in [1.165, 1.54) is 11.1 Å². The standard InChI is InChI=1S/C15H17NO4/c17-13(16-15(14(18)19)6-7-20-9-15)12-5-4-10-2-1-3-11(10)8-12/h4-5,8H,1-3,6-7,9H2,(H,16,17)(H,18,19). The maximum Gasteiger partial charge on any atom is 0.331 e. The van der Waals surface area contributed by atoms with E-state index >= 15 is 0 Å². The van der Waals surface area contributed by atoms with Crippen LogP contribution in [0.4, 0.5) is 0 Å². The maximum absolute atomic E-state index is 12.3. The molecule has 5 heteroatoms. The quantitative estimate of drug-likeness (QED) is 0.867. The van der Waals surface area contributed by atoms with E-state index < -0.39 is 11.5 Å². The number of carbonyl (C=O) groups excluding carboxylic acids is 1. The largest absolute Gasteiger partial charge is 0.479 e. The number of aryl methyl sites for hydroxylation is 2. The van der Waals surface area contributed by atoms with Crippen LogP contribution in [0.25, 0.3) is 0 Å². The van der Waals surface area contributed by atoms with Crippen LogP contribution in [-0.4, -0.2) is 35.7 Å². The number of carboxylic acids is 1. The van der Waals surface area contributed by atoms with Crippen LogP contribution in [0.2, 0.25) is 0 Å². The van der Waals surface area contributed by atoms with E-state index in [4.69, 9.17) is 4.74 Å². The predicted octanol–water partition coefficient (Wildman–Crippen LogP) is 1.15. The third-order valence-electron chi connectivity index (χ3n) is 4.14. The van der Waals surface area contributed by atoms with Crippen LogP contribution in [0.15, 0.2) is 18.2 Å². The molecule has 1 unspecified atom stereocenters. The molecule has 1 aromatic rings. The van der Waals surface area contributed by atoms with Crippen molar-refractivity contribution < 1.29 is 19.4 Å². The first-order valence-corrected chi connectivity index (χ1v) is 6.86. The Labute approximate surface area is 116 Å². The molecular weight excluding hydrogens is 258 g/mol. The Kier molecular flexibility index (Phi) is 3.22. The first-order valence-electron chi connectivity index (χ1n) is 6.86. The summed E-state index contributed by atoms with van der Waals surface area (Å²) in [5.41, 5.74) is 1.73. The van der Waals surface area contributed by atoms with Crippen molar-refractivity contribution in [2.75, 3.05) is 13.2 Å². The van der Waals surface area contributed by atoms with E-state index in [0.717, 1.165) is 19.3 Å². The monoisotopic (exact) mass is 275 g/mol. The molecule has 3 rings (SSSR count). The molecule has 1 aliphatic carbocycles. The molecule has 1 atom stereocenters. The topological polar surface area (TPSA) is 75.6 Å². The van der Waals surface area contributed by atoms with Gasteiger partial charge in [0.2, 0.25) is 0 Å². The van der Waals surface area contributed by atoms with Gasteiger partial charge in [0.25, 0.3) is 5.91 Å². The minimum Gasteiger partial charge on any atom is -0.479 e. The number of hydrogen-bond donors (Lipinski definition) is 2. The molecule has 1 fully saturated rings. The van der Waals surface area contributed by atoms with Gasteiger partial charge in [-0.1, -0.05) is 6.07 Å². The number of carboxylic acid groups (broad SMARTS) is 1. The molecule has 0 radical (unpaired) electrons. The summed E-state index contributed by atoms with van der Waals surface area (Å²) in [4.78, 5) is 23.7. The van der Waals surface area contributed by atoms with Gasteiger partial charge in [0.15, 0.2) is 5.54 Å². The van der Waals surface area contributed by atoms with Crippen LogP contribution in [0.5, 0.6) is 0 Å². The maximum atomic E-state index is 12.3. The Morgan fingerprint density at radius 1 is 1.25 bits per heavy atom. The van der Waals surface area contributed by atoms with Gasteiger partial charge < -0.3 is 15.2 Å². The smallest absolute Gasteiger partial charge is 0.331 e. The molecule has 2 N–H and O–H groups in total. The van der Waals surface area contributed by atoms with E-state index in [2.05, 4.69) is 5.32 Å². The lowest BCUT2D eigenvalue weighted by molar-refractivity contribution is -0.144. The highest BCUT2D eigenvalue weighted by Gasteiger charge is 2.44. The van der Waals surface area contributed by atoms with E-state index in [-0.39, 0.29) is 12.5 Å². The Morgan fingerprint density at radius 3 is 2.75 bits per heavy atom. The number of fused-ring (bicyclic) bond motifs is 1.